The number of thiophene rings is 1. The molecule has 5 heteroatoms. The van der Waals surface area contributed by atoms with Crippen molar-refractivity contribution in [3.8, 4) is 5.75 Å². The lowest BCUT2D eigenvalue weighted by Gasteiger charge is -2.13. The van der Waals surface area contributed by atoms with Crippen molar-refractivity contribution in [3.63, 3.8) is 0 Å². The van der Waals surface area contributed by atoms with Crippen molar-refractivity contribution in [3.05, 3.63) is 51.2 Å². The average Bonchev–Trinajstić information content (AvgIpc) is 2.93. The highest BCUT2D eigenvalue weighted by Gasteiger charge is 2.09. The van der Waals surface area contributed by atoms with E-state index in [1.807, 2.05) is 26.0 Å². The van der Waals surface area contributed by atoms with Crippen LogP contribution in [0.2, 0.25) is 0 Å². The molecule has 0 aliphatic rings. The van der Waals surface area contributed by atoms with Gasteiger partial charge in [0.05, 0.1) is 6.61 Å². The van der Waals surface area contributed by atoms with E-state index < -0.39 is 0 Å². The molecule has 1 aromatic heterocycles. The van der Waals surface area contributed by atoms with E-state index in [2.05, 4.69) is 22.0 Å². The first-order valence-corrected chi connectivity index (χ1v) is 7.29. The molecule has 0 aliphatic heterocycles. The zero-order valence-electron chi connectivity index (χ0n) is 11.6. The van der Waals surface area contributed by atoms with Gasteiger partial charge in [0.25, 0.3) is 0 Å². The van der Waals surface area contributed by atoms with Gasteiger partial charge in [-0.05, 0) is 59.5 Å². The third kappa shape index (κ3) is 3.30. The van der Waals surface area contributed by atoms with E-state index in [1.54, 1.807) is 11.3 Å². The first-order chi connectivity index (χ1) is 9.61. The lowest BCUT2D eigenvalue weighted by atomic mass is 10.1. The van der Waals surface area contributed by atoms with Gasteiger partial charge in [0.2, 0.25) is 0 Å². The Morgan fingerprint density at radius 2 is 2.05 bits per heavy atom. The number of oxime groups is 1. The van der Waals surface area contributed by atoms with Gasteiger partial charge in [-0.25, -0.2) is 0 Å². The molecule has 0 saturated carbocycles. The fraction of sp³-hybridized carbons (Fsp3) is 0.267. The number of ether oxygens (including phenoxy) is 1. The van der Waals surface area contributed by atoms with Gasteiger partial charge in [0.15, 0.2) is 5.84 Å². The molecule has 2 aromatic rings. The summed E-state index contributed by atoms with van der Waals surface area (Å²) < 4.78 is 5.87. The number of nitrogens with two attached hydrogens (primary N) is 1. The first-order valence-electron chi connectivity index (χ1n) is 6.35. The molecule has 0 unspecified atom stereocenters. The minimum Gasteiger partial charge on any atom is -0.493 e. The predicted molar refractivity (Wildman–Crippen MR) is 81.9 cm³/mol. The van der Waals surface area contributed by atoms with Crippen LogP contribution < -0.4 is 10.5 Å². The molecular formula is C15H18N2O2S. The molecule has 0 spiro atoms. The Labute approximate surface area is 122 Å². The Balaban J connectivity index is 2.08. The molecule has 20 heavy (non-hydrogen) atoms. The third-order valence-electron chi connectivity index (χ3n) is 3.08. The lowest BCUT2D eigenvalue weighted by Crippen LogP contribution is -2.14. The van der Waals surface area contributed by atoms with Crippen LogP contribution in [0, 0.1) is 13.8 Å². The number of aryl methyl sites for hydroxylation is 2. The molecule has 1 heterocycles. The summed E-state index contributed by atoms with van der Waals surface area (Å²) in [6.45, 7) is 4.56. The van der Waals surface area contributed by atoms with Crippen LogP contribution in [0.25, 0.3) is 0 Å². The molecule has 0 fully saturated rings. The van der Waals surface area contributed by atoms with Crippen molar-refractivity contribution >= 4 is 17.2 Å². The molecule has 0 radical (unpaired) electrons. The Bertz CT molecular complexity index is 583. The maximum Gasteiger partial charge on any atom is 0.170 e. The Morgan fingerprint density at radius 1 is 1.35 bits per heavy atom. The molecule has 106 valence electrons. The maximum absolute atomic E-state index is 8.72. The second-order valence-electron chi connectivity index (χ2n) is 4.65. The highest BCUT2D eigenvalue weighted by molar-refractivity contribution is 7.07. The lowest BCUT2D eigenvalue weighted by molar-refractivity contribution is 0.317. The zero-order valence-corrected chi connectivity index (χ0v) is 12.4. The van der Waals surface area contributed by atoms with Crippen LogP contribution in [-0.4, -0.2) is 17.6 Å². The Kier molecular flexibility index (Phi) is 4.63. The fourth-order valence-electron chi connectivity index (χ4n) is 2.09. The number of amidine groups is 1. The Morgan fingerprint density at radius 3 is 2.60 bits per heavy atom. The van der Waals surface area contributed by atoms with E-state index in [4.69, 9.17) is 15.7 Å². The van der Waals surface area contributed by atoms with E-state index in [0.717, 1.165) is 23.3 Å². The smallest absolute Gasteiger partial charge is 0.170 e. The van der Waals surface area contributed by atoms with Gasteiger partial charge < -0.3 is 15.7 Å². The van der Waals surface area contributed by atoms with Gasteiger partial charge in [0.1, 0.15) is 5.75 Å². The summed E-state index contributed by atoms with van der Waals surface area (Å²) in [7, 11) is 0. The summed E-state index contributed by atoms with van der Waals surface area (Å²) in [6, 6.07) is 5.83. The van der Waals surface area contributed by atoms with Gasteiger partial charge in [-0.1, -0.05) is 5.16 Å². The van der Waals surface area contributed by atoms with Crippen LogP contribution in [-0.2, 0) is 6.42 Å². The van der Waals surface area contributed by atoms with Gasteiger partial charge >= 0.3 is 0 Å². The molecule has 0 atom stereocenters. The Hall–Kier alpha value is -2.01. The average molecular weight is 290 g/mol. The number of hydrogen-bond acceptors (Lipinski definition) is 4. The second kappa shape index (κ2) is 6.43. The summed E-state index contributed by atoms with van der Waals surface area (Å²) in [5.41, 5.74) is 9.57. The van der Waals surface area contributed by atoms with E-state index >= 15 is 0 Å². The molecular weight excluding hydrogens is 272 g/mol. The van der Waals surface area contributed by atoms with E-state index in [0.29, 0.717) is 12.2 Å². The molecule has 2 rings (SSSR count). The quantitative estimate of drug-likeness (QED) is 0.385. The molecule has 0 bridgehead atoms. The summed E-state index contributed by atoms with van der Waals surface area (Å²) >= 11 is 1.69. The summed E-state index contributed by atoms with van der Waals surface area (Å²) in [4.78, 5) is 0. The topological polar surface area (TPSA) is 67.8 Å². The van der Waals surface area contributed by atoms with E-state index in [-0.39, 0.29) is 5.84 Å². The van der Waals surface area contributed by atoms with Gasteiger partial charge in [-0.2, -0.15) is 11.3 Å². The summed E-state index contributed by atoms with van der Waals surface area (Å²) in [6.07, 6.45) is 0.893. The van der Waals surface area contributed by atoms with Crippen molar-refractivity contribution in [2.24, 2.45) is 10.9 Å². The minimum absolute atomic E-state index is 0.112. The third-order valence-corrected chi connectivity index (χ3v) is 3.81. The molecule has 0 aliphatic carbocycles. The van der Waals surface area contributed by atoms with Crippen molar-refractivity contribution < 1.29 is 9.94 Å². The standard InChI is InChI=1S/C15H18N2O2S/c1-10-7-13(15(16)17-18)8-11(2)14(10)19-5-3-12-4-6-20-9-12/h4,6-9,18H,3,5H2,1-2H3,(H2,16,17). The summed E-state index contributed by atoms with van der Waals surface area (Å²) in [5, 5.41) is 15.9. The normalized spacial score (nSPS) is 11.6. The number of nitrogens with zero attached hydrogens (tertiary/aromatic N) is 1. The minimum atomic E-state index is 0.112. The predicted octanol–water partition coefficient (Wildman–Crippen LogP) is 3.08. The van der Waals surface area contributed by atoms with Crippen LogP contribution in [0.3, 0.4) is 0 Å². The van der Waals surface area contributed by atoms with Gasteiger partial charge in [-0.15, -0.1) is 0 Å². The van der Waals surface area contributed by atoms with Crippen LogP contribution in [0.4, 0.5) is 0 Å². The largest absolute Gasteiger partial charge is 0.493 e. The maximum atomic E-state index is 8.72. The fourth-order valence-corrected chi connectivity index (χ4v) is 2.79. The highest BCUT2D eigenvalue weighted by Crippen LogP contribution is 2.25. The molecule has 0 amide bonds. The molecule has 0 saturated heterocycles. The second-order valence-corrected chi connectivity index (χ2v) is 5.43. The van der Waals surface area contributed by atoms with E-state index in [9.17, 15) is 0 Å². The number of rotatable bonds is 5. The van der Waals surface area contributed by atoms with Crippen LogP contribution in [0.1, 0.15) is 22.3 Å². The van der Waals surface area contributed by atoms with Gasteiger partial charge in [-0.3, -0.25) is 0 Å². The van der Waals surface area contributed by atoms with Crippen LogP contribution in [0.5, 0.6) is 5.75 Å². The molecule has 4 nitrogen and oxygen atoms in total. The van der Waals surface area contributed by atoms with Crippen molar-refractivity contribution in [2.45, 2.75) is 20.3 Å². The SMILES string of the molecule is Cc1cc(C(N)=NO)cc(C)c1OCCc1ccsc1. The van der Waals surface area contributed by atoms with Crippen LogP contribution in [0.15, 0.2) is 34.1 Å². The zero-order chi connectivity index (χ0) is 14.5. The van der Waals surface area contributed by atoms with Gasteiger partial charge in [0, 0.05) is 12.0 Å². The van der Waals surface area contributed by atoms with Crippen LogP contribution >= 0.6 is 11.3 Å². The van der Waals surface area contributed by atoms with Crippen molar-refractivity contribution in [1.82, 2.24) is 0 Å². The number of benzene rings is 1. The van der Waals surface area contributed by atoms with Crippen molar-refractivity contribution in [1.29, 1.82) is 0 Å². The van der Waals surface area contributed by atoms with Crippen molar-refractivity contribution in [2.75, 3.05) is 6.61 Å². The first kappa shape index (κ1) is 14.4. The monoisotopic (exact) mass is 290 g/mol. The van der Waals surface area contributed by atoms with E-state index in [1.165, 1.54) is 5.56 Å². The summed E-state index contributed by atoms with van der Waals surface area (Å²) in [5.74, 6) is 0.982. The number of hydrogen-bond donors (Lipinski definition) is 2. The highest BCUT2D eigenvalue weighted by atomic mass is 32.1. The molecule has 1 aromatic carbocycles. The molecule has 3 N–H and O–H groups in total.